The summed E-state index contributed by atoms with van der Waals surface area (Å²) in [5, 5.41) is 0. The van der Waals surface area contributed by atoms with Crippen molar-refractivity contribution in [1.29, 1.82) is 0 Å². The molecule has 29 heavy (non-hydrogen) atoms. The summed E-state index contributed by atoms with van der Waals surface area (Å²) in [6.45, 7) is 2.32. The van der Waals surface area contributed by atoms with E-state index in [1.165, 1.54) is 0 Å². The summed E-state index contributed by atoms with van der Waals surface area (Å²) in [6.07, 6.45) is 4.18. The average molecular weight is 433 g/mol. The van der Waals surface area contributed by atoms with Crippen LogP contribution in [-0.4, -0.2) is 51.6 Å². The van der Waals surface area contributed by atoms with Crippen LogP contribution < -0.4 is 0 Å². The molecule has 3 aliphatic rings. The average Bonchev–Trinajstić information content (AvgIpc) is 3.47. The molecule has 0 aromatic heterocycles. The van der Waals surface area contributed by atoms with E-state index in [2.05, 4.69) is 0 Å². The first-order valence-electron chi connectivity index (χ1n) is 10.1. The largest absolute Gasteiger partial charge is 0.243 e. The Balaban J connectivity index is 1.48. The highest BCUT2D eigenvalue weighted by Crippen LogP contribution is 2.39. The fourth-order valence-corrected chi connectivity index (χ4v) is 7.78. The van der Waals surface area contributed by atoms with E-state index in [1.807, 2.05) is 12.1 Å². The van der Waals surface area contributed by atoms with Gasteiger partial charge in [0.1, 0.15) is 0 Å². The molecule has 0 bridgehead atoms. The zero-order chi connectivity index (χ0) is 20.2. The molecule has 6 nitrogen and oxygen atoms in total. The van der Waals surface area contributed by atoms with Gasteiger partial charge in [-0.15, -0.1) is 0 Å². The Labute approximate surface area is 172 Å². The van der Waals surface area contributed by atoms with Crippen LogP contribution in [-0.2, 0) is 26.5 Å². The summed E-state index contributed by atoms with van der Waals surface area (Å²) < 4.78 is 54.6. The van der Waals surface area contributed by atoms with E-state index in [4.69, 9.17) is 0 Å². The van der Waals surface area contributed by atoms with Crippen LogP contribution in [0.4, 0.5) is 0 Å². The molecule has 0 atom stereocenters. The van der Waals surface area contributed by atoms with Crippen LogP contribution >= 0.6 is 0 Å². The zero-order valence-corrected chi connectivity index (χ0v) is 17.8. The summed E-state index contributed by atoms with van der Waals surface area (Å²) in [5.41, 5.74) is 3.86. The predicted octanol–water partition coefficient (Wildman–Crippen LogP) is 2.83. The molecule has 2 aliphatic heterocycles. The lowest BCUT2D eigenvalue weighted by molar-refractivity contribution is 0.476. The van der Waals surface area contributed by atoms with Crippen molar-refractivity contribution in [1.82, 2.24) is 8.61 Å². The Morgan fingerprint density at radius 1 is 0.586 bits per heavy atom. The Kier molecular flexibility index (Phi) is 4.58. The number of sulfonamides is 2. The van der Waals surface area contributed by atoms with Gasteiger partial charge in [0.25, 0.3) is 0 Å². The van der Waals surface area contributed by atoms with E-state index < -0.39 is 20.0 Å². The number of nitrogens with zero attached hydrogens (tertiary/aromatic N) is 2. The minimum atomic E-state index is -3.46. The third kappa shape index (κ3) is 3.13. The van der Waals surface area contributed by atoms with Crippen LogP contribution in [0.5, 0.6) is 0 Å². The fourth-order valence-electron chi connectivity index (χ4n) is 4.64. The first-order chi connectivity index (χ1) is 13.9. The number of rotatable bonds is 4. The van der Waals surface area contributed by atoms with Crippen molar-refractivity contribution in [2.24, 2.45) is 0 Å². The second kappa shape index (κ2) is 6.91. The molecular formula is C21H24N2O4S2. The Hall–Kier alpha value is -1.74. The number of fused-ring (bicyclic) bond motifs is 3. The van der Waals surface area contributed by atoms with Gasteiger partial charge in [-0.2, -0.15) is 8.61 Å². The van der Waals surface area contributed by atoms with E-state index in [0.717, 1.165) is 47.9 Å². The standard InChI is InChI=1S/C21H24N2O4S2/c24-28(25,22-9-1-2-10-22)18-5-7-20-16(14-18)13-17-15-19(6-8-21(17)20)29(26,27)23-11-3-4-12-23/h5-8,14-15H,1-4,9-13H2. The quantitative estimate of drug-likeness (QED) is 0.635. The van der Waals surface area contributed by atoms with Crippen molar-refractivity contribution < 1.29 is 16.8 Å². The Bertz CT molecular complexity index is 1080. The highest BCUT2D eigenvalue weighted by atomic mass is 32.2. The molecule has 2 heterocycles. The molecule has 2 aromatic carbocycles. The predicted molar refractivity (Wildman–Crippen MR) is 111 cm³/mol. The van der Waals surface area contributed by atoms with Gasteiger partial charge < -0.3 is 0 Å². The highest BCUT2D eigenvalue weighted by molar-refractivity contribution is 7.89. The number of hydrogen-bond acceptors (Lipinski definition) is 4. The van der Waals surface area contributed by atoms with Crippen molar-refractivity contribution in [2.75, 3.05) is 26.2 Å². The maximum Gasteiger partial charge on any atom is 0.243 e. The molecular weight excluding hydrogens is 408 g/mol. The van der Waals surface area contributed by atoms with E-state index in [-0.39, 0.29) is 0 Å². The van der Waals surface area contributed by atoms with Crippen LogP contribution in [0.1, 0.15) is 36.8 Å². The second-order valence-corrected chi connectivity index (χ2v) is 11.9. The van der Waals surface area contributed by atoms with Gasteiger partial charge >= 0.3 is 0 Å². The van der Waals surface area contributed by atoms with Gasteiger partial charge in [-0.1, -0.05) is 12.1 Å². The normalized spacial score (nSPS) is 20.1. The van der Waals surface area contributed by atoms with Crippen molar-refractivity contribution in [3.8, 4) is 11.1 Å². The molecule has 5 rings (SSSR count). The van der Waals surface area contributed by atoms with Crippen molar-refractivity contribution in [3.63, 3.8) is 0 Å². The SMILES string of the molecule is O=S(=O)(c1ccc2c(c1)Cc1cc(S(=O)(=O)N3CCCC3)ccc1-2)N1CCCC1. The maximum absolute atomic E-state index is 12.9. The van der Waals surface area contributed by atoms with Gasteiger partial charge in [0.05, 0.1) is 9.79 Å². The van der Waals surface area contributed by atoms with Gasteiger partial charge in [0.2, 0.25) is 20.0 Å². The Morgan fingerprint density at radius 2 is 0.966 bits per heavy atom. The first kappa shape index (κ1) is 19.2. The van der Waals surface area contributed by atoms with Gasteiger partial charge in [-0.3, -0.25) is 0 Å². The minimum absolute atomic E-state index is 0.330. The van der Waals surface area contributed by atoms with Crippen LogP contribution in [0.15, 0.2) is 46.2 Å². The highest BCUT2D eigenvalue weighted by Gasteiger charge is 2.31. The van der Waals surface area contributed by atoms with Crippen LogP contribution in [0, 0.1) is 0 Å². The number of hydrogen-bond donors (Lipinski definition) is 0. The van der Waals surface area contributed by atoms with E-state index in [1.54, 1.807) is 32.9 Å². The van der Waals surface area contributed by atoms with Crippen LogP contribution in [0.25, 0.3) is 11.1 Å². The minimum Gasteiger partial charge on any atom is -0.207 e. The van der Waals surface area contributed by atoms with E-state index >= 15 is 0 Å². The van der Waals surface area contributed by atoms with E-state index in [0.29, 0.717) is 42.4 Å². The van der Waals surface area contributed by atoms with Gasteiger partial charge in [0.15, 0.2) is 0 Å². The fraction of sp³-hybridized carbons (Fsp3) is 0.429. The molecule has 0 N–H and O–H groups in total. The lowest BCUT2D eigenvalue weighted by Gasteiger charge is -2.16. The molecule has 154 valence electrons. The lowest BCUT2D eigenvalue weighted by Crippen LogP contribution is -2.27. The third-order valence-electron chi connectivity index (χ3n) is 6.23. The molecule has 2 saturated heterocycles. The molecule has 1 aliphatic carbocycles. The molecule has 8 heteroatoms. The Morgan fingerprint density at radius 3 is 1.34 bits per heavy atom. The smallest absolute Gasteiger partial charge is 0.207 e. The van der Waals surface area contributed by atoms with Gasteiger partial charge in [-0.05, 0) is 78.6 Å². The summed E-state index contributed by atoms with van der Waals surface area (Å²) in [7, 11) is -6.92. The topological polar surface area (TPSA) is 74.8 Å². The summed E-state index contributed by atoms with van der Waals surface area (Å²) >= 11 is 0. The monoisotopic (exact) mass is 432 g/mol. The zero-order valence-electron chi connectivity index (χ0n) is 16.2. The van der Waals surface area contributed by atoms with Crippen LogP contribution in [0.2, 0.25) is 0 Å². The third-order valence-corrected chi connectivity index (χ3v) is 10.0. The molecule has 0 unspecified atom stereocenters. The van der Waals surface area contributed by atoms with Crippen molar-refractivity contribution in [2.45, 2.75) is 41.9 Å². The molecule has 0 radical (unpaired) electrons. The molecule has 2 aromatic rings. The summed E-state index contributed by atoms with van der Waals surface area (Å²) in [6, 6.07) is 10.6. The lowest BCUT2D eigenvalue weighted by atomic mass is 10.1. The maximum atomic E-state index is 12.9. The molecule has 2 fully saturated rings. The van der Waals surface area contributed by atoms with E-state index in [9.17, 15) is 16.8 Å². The summed E-state index contributed by atoms with van der Waals surface area (Å²) in [5.74, 6) is 0. The summed E-state index contributed by atoms with van der Waals surface area (Å²) in [4.78, 5) is 0.659. The van der Waals surface area contributed by atoms with Gasteiger partial charge in [0, 0.05) is 26.2 Å². The van der Waals surface area contributed by atoms with Crippen LogP contribution in [0.3, 0.4) is 0 Å². The van der Waals surface area contributed by atoms with Gasteiger partial charge in [-0.25, -0.2) is 16.8 Å². The molecule has 0 spiro atoms. The molecule has 0 amide bonds. The first-order valence-corrected chi connectivity index (χ1v) is 13.0. The molecule has 0 saturated carbocycles. The second-order valence-electron chi connectivity index (χ2n) is 8.04. The van der Waals surface area contributed by atoms with Crippen molar-refractivity contribution >= 4 is 20.0 Å². The van der Waals surface area contributed by atoms with Crippen molar-refractivity contribution in [3.05, 3.63) is 47.5 Å². The number of benzene rings is 2.